The largest absolute Gasteiger partial charge is 0.299 e. The second-order valence-corrected chi connectivity index (χ2v) is 4.02. The number of carbonyl (C=O) groups is 2. The van der Waals surface area contributed by atoms with Crippen LogP contribution in [0.4, 0.5) is 13.2 Å². The van der Waals surface area contributed by atoms with Gasteiger partial charge in [0.1, 0.15) is 0 Å². The molecule has 0 heterocycles. The van der Waals surface area contributed by atoms with E-state index in [1.54, 1.807) is 0 Å². The number of Topliss-reactive ketones (excluding diaryl/α,β-unsaturated/α-hetero) is 2. The van der Waals surface area contributed by atoms with E-state index in [9.17, 15) is 22.8 Å². The Morgan fingerprint density at radius 3 is 1.40 bits per heavy atom. The maximum atomic E-state index is 12.0. The fourth-order valence-electron chi connectivity index (χ4n) is 1.44. The summed E-state index contributed by atoms with van der Waals surface area (Å²) in [7, 11) is 0. The van der Waals surface area contributed by atoms with Crippen LogP contribution >= 0.6 is 0 Å². The summed E-state index contributed by atoms with van der Waals surface area (Å²) in [4.78, 5) is 19.9. The standard InChI is InChI=1S/C10H8.C5H5F3O2/c1-2-6-10-8-4-3-7-9(10)5-1;1-2(9)3(6)4(10)5(7)8/h1-8H;3,5H,1H3. The molecule has 2 aromatic rings. The first-order chi connectivity index (χ1) is 9.43. The summed E-state index contributed by atoms with van der Waals surface area (Å²) in [5.41, 5.74) is 0. The summed E-state index contributed by atoms with van der Waals surface area (Å²) in [6, 6.07) is 16.7. The highest BCUT2D eigenvalue weighted by Gasteiger charge is 2.29. The number of hydrogen-bond acceptors (Lipinski definition) is 2. The van der Waals surface area contributed by atoms with Crippen molar-refractivity contribution in [2.75, 3.05) is 0 Å². The molecule has 0 amide bonds. The van der Waals surface area contributed by atoms with Crippen LogP contribution in [-0.4, -0.2) is 24.2 Å². The summed E-state index contributed by atoms with van der Waals surface area (Å²) in [6.45, 7) is 0.741. The summed E-state index contributed by atoms with van der Waals surface area (Å²) in [6.07, 6.45) is -6.07. The first kappa shape index (κ1) is 15.9. The van der Waals surface area contributed by atoms with Crippen LogP contribution in [0.2, 0.25) is 0 Å². The van der Waals surface area contributed by atoms with Gasteiger partial charge >= 0.3 is 0 Å². The second-order valence-electron chi connectivity index (χ2n) is 4.02. The van der Waals surface area contributed by atoms with Crippen molar-refractivity contribution in [3.8, 4) is 0 Å². The van der Waals surface area contributed by atoms with Gasteiger partial charge in [0.2, 0.25) is 12.0 Å². The van der Waals surface area contributed by atoms with E-state index in [1.165, 1.54) is 10.8 Å². The molecule has 0 N–H and O–H groups in total. The summed E-state index contributed by atoms with van der Waals surface area (Å²) in [5.74, 6) is -3.15. The third-order valence-corrected chi connectivity index (χ3v) is 2.48. The molecule has 106 valence electrons. The average Bonchev–Trinajstić information content (AvgIpc) is 2.46. The molecule has 1 unspecified atom stereocenters. The van der Waals surface area contributed by atoms with Crippen LogP contribution in [0.15, 0.2) is 48.5 Å². The molecule has 0 fully saturated rings. The van der Waals surface area contributed by atoms with Gasteiger partial charge in [0.15, 0.2) is 5.78 Å². The van der Waals surface area contributed by atoms with E-state index in [0.717, 1.165) is 6.92 Å². The molecule has 0 aromatic heterocycles. The summed E-state index contributed by atoms with van der Waals surface area (Å²) >= 11 is 0. The van der Waals surface area contributed by atoms with Gasteiger partial charge in [-0.1, -0.05) is 48.5 Å². The van der Waals surface area contributed by atoms with Gasteiger partial charge in [0.25, 0.3) is 6.43 Å². The molecular formula is C15H13F3O2. The van der Waals surface area contributed by atoms with E-state index in [1.807, 2.05) is 0 Å². The zero-order chi connectivity index (χ0) is 15.1. The van der Waals surface area contributed by atoms with Crippen molar-refractivity contribution in [1.82, 2.24) is 0 Å². The van der Waals surface area contributed by atoms with Crippen molar-refractivity contribution in [1.29, 1.82) is 0 Å². The molecule has 0 aliphatic heterocycles. The number of alkyl halides is 3. The first-order valence-corrected chi connectivity index (χ1v) is 5.83. The van der Waals surface area contributed by atoms with Crippen LogP contribution in [0.3, 0.4) is 0 Å². The fourth-order valence-corrected chi connectivity index (χ4v) is 1.44. The normalized spacial score (nSPS) is 11.7. The molecule has 2 nitrogen and oxygen atoms in total. The Hall–Kier alpha value is -2.17. The third-order valence-electron chi connectivity index (χ3n) is 2.48. The zero-order valence-electron chi connectivity index (χ0n) is 10.7. The molecule has 20 heavy (non-hydrogen) atoms. The highest BCUT2D eigenvalue weighted by atomic mass is 19.3. The molecule has 0 saturated carbocycles. The molecular weight excluding hydrogens is 269 g/mol. The van der Waals surface area contributed by atoms with Crippen molar-refractivity contribution in [2.24, 2.45) is 0 Å². The van der Waals surface area contributed by atoms with Gasteiger partial charge in [-0.25, -0.2) is 13.2 Å². The Kier molecular flexibility index (Phi) is 5.90. The monoisotopic (exact) mass is 282 g/mol. The number of hydrogen-bond donors (Lipinski definition) is 0. The minimum Gasteiger partial charge on any atom is -0.296 e. The topological polar surface area (TPSA) is 34.1 Å². The summed E-state index contributed by atoms with van der Waals surface area (Å²) in [5, 5.41) is 2.62. The minimum absolute atomic E-state index is 0.741. The Labute approximate surface area is 114 Å². The fraction of sp³-hybridized carbons (Fsp3) is 0.200. The summed E-state index contributed by atoms with van der Waals surface area (Å²) < 4.78 is 34.6. The van der Waals surface area contributed by atoms with E-state index in [2.05, 4.69) is 48.5 Å². The maximum Gasteiger partial charge on any atom is 0.299 e. The smallest absolute Gasteiger partial charge is 0.296 e. The number of rotatable bonds is 3. The van der Waals surface area contributed by atoms with Crippen LogP contribution in [-0.2, 0) is 9.59 Å². The van der Waals surface area contributed by atoms with E-state index >= 15 is 0 Å². The molecule has 2 aromatic carbocycles. The lowest BCUT2D eigenvalue weighted by atomic mass is 10.1. The Balaban J connectivity index is 0.000000200. The Bertz CT molecular complexity index is 531. The molecule has 0 spiro atoms. The van der Waals surface area contributed by atoms with E-state index < -0.39 is 24.2 Å². The zero-order valence-corrected chi connectivity index (χ0v) is 10.7. The molecule has 0 radical (unpaired) electrons. The van der Waals surface area contributed by atoms with Gasteiger partial charge in [0.05, 0.1) is 0 Å². The highest BCUT2D eigenvalue weighted by Crippen LogP contribution is 2.11. The lowest BCUT2D eigenvalue weighted by Crippen LogP contribution is -2.28. The van der Waals surface area contributed by atoms with Crippen molar-refractivity contribution < 1.29 is 22.8 Å². The lowest BCUT2D eigenvalue weighted by molar-refractivity contribution is -0.140. The first-order valence-electron chi connectivity index (χ1n) is 5.83. The maximum absolute atomic E-state index is 12.0. The van der Waals surface area contributed by atoms with Gasteiger partial charge < -0.3 is 0 Å². The van der Waals surface area contributed by atoms with Crippen LogP contribution in [0, 0.1) is 0 Å². The van der Waals surface area contributed by atoms with E-state index in [-0.39, 0.29) is 0 Å². The van der Waals surface area contributed by atoms with E-state index in [0.29, 0.717) is 0 Å². The van der Waals surface area contributed by atoms with Crippen molar-refractivity contribution >= 4 is 22.3 Å². The minimum atomic E-state index is -3.40. The van der Waals surface area contributed by atoms with Gasteiger partial charge in [-0.05, 0) is 17.7 Å². The van der Waals surface area contributed by atoms with Crippen LogP contribution in [0.1, 0.15) is 6.92 Å². The molecule has 0 aliphatic rings. The highest BCUT2D eigenvalue weighted by molar-refractivity contribution is 6.05. The van der Waals surface area contributed by atoms with Crippen molar-refractivity contribution in [2.45, 2.75) is 19.5 Å². The van der Waals surface area contributed by atoms with Crippen LogP contribution in [0.25, 0.3) is 10.8 Å². The Morgan fingerprint density at radius 1 is 0.850 bits per heavy atom. The van der Waals surface area contributed by atoms with Gasteiger partial charge in [0, 0.05) is 0 Å². The van der Waals surface area contributed by atoms with Crippen molar-refractivity contribution in [3.05, 3.63) is 48.5 Å². The molecule has 1 atom stereocenters. The number of benzene rings is 2. The van der Waals surface area contributed by atoms with Crippen LogP contribution in [0.5, 0.6) is 0 Å². The lowest BCUT2D eigenvalue weighted by Gasteiger charge is -1.99. The predicted molar refractivity (Wildman–Crippen MR) is 70.5 cm³/mol. The average molecular weight is 282 g/mol. The molecule has 0 aliphatic carbocycles. The molecule has 5 heteroatoms. The van der Waals surface area contributed by atoms with Gasteiger partial charge in [-0.2, -0.15) is 0 Å². The van der Waals surface area contributed by atoms with Gasteiger partial charge in [-0.15, -0.1) is 0 Å². The quantitative estimate of drug-likeness (QED) is 0.806. The number of ketones is 2. The molecule has 0 saturated heterocycles. The Morgan fingerprint density at radius 2 is 1.20 bits per heavy atom. The number of fused-ring (bicyclic) bond motifs is 1. The van der Waals surface area contributed by atoms with E-state index in [4.69, 9.17) is 0 Å². The van der Waals surface area contributed by atoms with Crippen molar-refractivity contribution in [3.63, 3.8) is 0 Å². The SMILES string of the molecule is CC(=O)C(F)C(=O)C(F)F.c1ccc2ccccc2c1. The number of halogens is 3. The second kappa shape index (κ2) is 7.43. The molecule has 0 bridgehead atoms. The third kappa shape index (κ3) is 4.50. The predicted octanol–water partition coefficient (Wildman–Crippen LogP) is 3.59. The van der Waals surface area contributed by atoms with Crippen LogP contribution < -0.4 is 0 Å². The van der Waals surface area contributed by atoms with Gasteiger partial charge in [-0.3, -0.25) is 9.59 Å². The molecule has 2 rings (SSSR count). The number of carbonyl (C=O) groups excluding carboxylic acids is 2.